The molecule has 1 saturated carbocycles. The molecule has 0 radical (unpaired) electrons. The Labute approximate surface area is 191 Å². The normalized spacial score (nSPS) is 31.4. The Morgan fingerprint density at radius 1 is 1.27 bits per heavy atom. The summed E-state index contributed by atoms with van der Waals surface area (Å²) in [5.74, 6) is -0.213. The van der Waals surface area contributed by atoms with Crippen molar-refractivity contribution in [2.45, 2.75) is 83.3 Å². The van der Waals surface area contributed by atoms with Gasteiger partial charge in [0.1, 0.15) is 24.5 Å². The van der Waals surface area contributed by atoms with Crippen LogP contribution in [0.1, 0.15) is 65.0 Å². The van der Waals surface area contributed by atoms with Crippen LogP contribution in [0, 0.1) is 5.41 Å². The molecule has 3 heterocycles. The molecule has 184 valence electrons. The molecule has 0 bridgehead atoms. The molecule has 0 aromatic carbocycles. The van der Waals surface area contributed by atoms with E-state index in [1.54, 1.807) is 0 Å². The molecule has 1 aromatic heterocycles. The van der Waals surface area contributed by atoms with E-state index in [4.69, 9.17) is 23.0 Å². The second kappa shape index (κ2) is 9.84. The molecule has 33 heavy (non-hydrogen) atoms. The number of rotatable bonds is 8. The molecule has 1 aromatic rings. The van der Waals surface area contributed by atoms with Crippen LogP contribution in [-0.4, -0.2) is 47.0 Å². The third kappa shape index (κ3) is 5.49. The summed E-state index contributed by atoms with van der Waals surface area (Å²) in [5, 5.41) is 0. The number of carbonyl (C=O) groups excluding carboxylic acids is 1. The molecular formula is C21H31N2O9P. The number of nitrogens with one attached hydrogen (secondary N) is 1. The van der Waals surface area contributed by atoms with Gasteiger partial charge in [-0.1, -0.05) is 13.8 Å². The zero-order valence-electron chi connectivity index (χ0n) is 18.9. The molecule has 3 aliphatic rings. The van der Waals surface area contributed by atoms with Gasteiger partial charge in [0.25, 0.3) is 5.56 Å². The van der Waals surface area contributed by atoms with E-state index < -0.39 is 42.9 Å². The van der Waals surface area contributed by atoms with Crippen LogP contribution < -0.4 is 11.2 Å². The number of phosphoric acid groups is 1. The number of esters is 1. The highest BCUT2D eigenvalue weighted by Gasteiger charge is 2.58. The molecule has 11 nitrogen and oxygen atoms in total. The van der Waals surface area contributed by atoms with Gasteiger partial charge in [-0.25, -0.2) is 9.36 Å². The highest BCUT2D eigenvalue weighted by molar-refractivity contribution is 7.48. The van der Waals surface area contributed by atoms with E-state index in [0.717, 1.165) is 25.7 Å². The maximum atomic E-state index is 13.0. The van der Waals surface area contributed by atoms with E-state index in [0.29, 0.717) is 12.8 Å². The number of fused-ring (bicyclic) bond motifs is 1. The monoisotopic (exact) mass is 486 g/mol. The molecule has 1 aliphatic carbocycles. The Kier molecular flexibility index (Phi) is 7.26. The Morgan fingerprint density at radius 3 is 2.76 bits per heavy atom. The van der Waals surface area contributed by atoms with Crippen LogP contribution in [0.25, 0.3) is 0 Å². The zero-order chi connectivity index (χ0) is 23.6. The number of ether oxygens (including phenoxy) is 2. The topological polar surface area (TPSA) is 135 Å². The number of carbonyl (C=O) groups is 1. The molecule has 4 rings (SSSR count). The van der Waals surface area contributed by atoms with Crippen molar-refractivity contribution in [1.82, 2.24) is 9.55 Å². The Bertz CT molecular complexity index is 1010. The van der Waals surface area contributed by atoms with E-state index >= 15 is 0 Å². The third-order valence-corrected chi connectivity index (χ3v) is 7.83. The van der Waals surface area contributed by atoms with Gasteiger partial charge < -0.3 is 9.47 Å². The molecule has 3 fully saturated rings. The van der Waals surface area contributed by atoms with Gasteiger partial charge in [0, 0.05) is 24.1 Å². The second-order valence-electron chi connectivity index (χ2n) is 9.32. The average molecular weight is 486 g/mol. The van der Waals surface area contributed by atoms with Crippen molar-refractivity contribution in [3.63, 3.8) is 0 Å². The standard InChI is InChI=1S/C21H31N2O9P/c1-21(2)18-15(31-19(21)23-11-10-16(24)22-20(23)26)13-29-33(27,32-18)28-12-6-5-9-17(25)30-14-7-3-4-8-14/h10-11,14-15,18-19H,3-9,12-13H2,1-2H3,(H,22,24,26)/t15-,18-,19-,33+/m1/s1. The first kappa shape index (κ1) is 24.3. The van der Waals surface area contributed by atoms with E-state index in [-0.39, 0.29) is 31.7 Å². The summed E-state index contributed by atoms with van der Waals surface area (Å²) in [4.78, 5) is 37.7. The first-order valence-electron chi connectivity index (χ1n) is 11.4. The summed E-state index contributed by atoms with van der Waals surface area (Å²) >= 11 is 0. The lowest BCUT2D eigenvalue weighted by Crippen LogP contribution is -2.42. The molecular weight excluding hydrogens is 455 g/mol. The maximum Gasteiger partial charge on any atom is 0.475 e. The minimum Gasteiger partial charge on any atom is -0.462 e. The summed E-state index contributed by atoms with van der Waals surface area (Å²) in [6.45, 7) is 3.74. The number of aromatic nitrogens is 2. The second-order valence-corrected chi connectivity index (χ2v) is 10.9. The fourth-order valence-corrected chi connectivity index (χ4v) is 6.16. The largest absolute Gasteiger partial charge is 0.475 e. The fourth-order valence-electron chi connectivity index (χ4n) is 4.60. The van der Waals surface area contributed by atoms with Crippen molar-refractivity contribution < 1.29 is 32.4 Å². The van der Waals surface area contributed by atoms with Crippen molar-refractivity contribution in [1.29, 1.82) is 0 Å². The van der Waals surface area contributed by atoms with Gasteiger partial charge in [0.15, 0.2) is 0 Å². The lowest BCUT2D eigenvalue weighted by Gasteiger charge is -2.36. The van der Waals surface area contributed by atoms with Crippen LogP contribution >= 0.6 is 7.82 Å². The number of hydrogen-bond donors (Lipinski definition) is 1. The van der Waals surface area contributed by atoms with E-state index in [1.807, 2.05) is 13.8 Å². The minimum atomic E-state index is -3.83. The number of unbranched alkanes of at least 4 members (excludes halogenated alkanes) is 1. The van der Waals surface area contributed by atoms with Crippen LogP contribution in [0.15, 0.2) is 21.9 Å². The van der Waals surface area contributed by atoms with Crippen molar-refractivity contribution in [3.05, 3.63) is 33.1 Å². The van der Waals surface area contributed by atoms with Gasteiger partial charge in [0.2, 0.25) is 0 Å². The number of hydrogen-bond acceptors (Lipinski definition) is 9. The summed E-state index contributed by atoms with van der Waals surface area (Å²) < 4.78 is 42.3. The van der Waals surface area contributed by atoms with Gasteiger partial charge in [0.05, 0.1) is 13.2 Å². The molecule has 4 atom stereocenters. The van der Waals surface area contributed by atoms with Gasteiger partial charge in [-0.15, -0.1) is 0 Å². The van der Waals surface area contributed by atoms with Gasteiger partial charge in [-0.05, 0) is 38.5 Å². The highest BCUT2D eigenvalue weighted by atomic mass is 31.2. The van der Waals surface area contributed by atoms with Crippen molar-refractivity contribution in [3.8, 4) is 0 Å². The minimum absolute atomic E-state index is 0.0201. The molecule has 2 saturated heterocycles. The summed E-state index contributed by atoms with van der Waals surface area (Å²) in [6, 6.07) is 1.23. The molecule has 12 heteroatoms. The molecule has 0 spiro atoms. The SMILES string of the molecule is CC1(C)[C@@H]2O[P@@](=O)(OCCCCC(=O)OC3CCCC3)OC[C@H]2O[C@H]1n1ccc(=O)[nH]c1=O. The van der Waals surface area contributed by atoms with Crippen molar-refractivity contribution >= 4 is 13.8 Å². The summed E-state index contributed by atoms with van der Waals surface area (Å²) in [7, 11) is -3.83. The first-order chi connectivity index (χ1) is 15.7. The molecule has 2 aliphatic heterocycles. The lowest BCUT2D eigenvalue weighted by molar-refractivity contribution is -0.148. The number of nitrogens with zero attached hydrogens (tertiary/aromatic N) is 1. The first-order valence-corrected chi connectivity index (χ1v) is 12.9. The maximum absolute atomic E-state index is 13.0. The van der Waals surface area contributed by atoms with E-state index in [9.17, 15) is 18.9 Å². The molecule has 1 N–H and O–H groups in total. The van der Waals surface area contributed by atoms with Crippen molar-refractivity contribution in [2.75, 3.05) is 13.2 Å². The van der Waals surface area contributed by atoms with Crippen LogP contribution in [0.3, 0.4) is 0 Å². The fraction of sp³-hybridized carbons (Fsp3) is 0.762. The zero-order valence-corrected chi connectivity index (χ0v) is 19.8. The Balaban J connectivity index is 1.28. The Hall–Kier alpha value is -1.78. The van der Waals surface area contributed by atoms with Gasteiger partial charge in [-0.3, -0.25) is 32.7 Å². The van der Waals surface area contributed by atoms with Crippen LogP contribution in [-0.2, 0) is 32.4 Å². The highest BCUT2D eigenvalue weighted by Crippen LogP contribution is 2.60. The lowest BCUT2D eigenvalue weighted by atomic mass is 9.84. The number of H-pyrrole nitrogens is 1. The smallest absolute Gasteiger partial charge is 0.462 e. The predicted octanol–water partition coefficient (Wildman–Crippen LogP) is 2.66. The average Bonchev–Trinajstić information content (AvgIpc) is 3.34. The summed E-state index contributed by atoms with van der Waals surface area (Å²) in [6.07, 6.45) is 4.87. The van der Waals surface area contributed by atoms with E-state index in [1.165, 1.54) is 16.8 Å². The number of phosphoric ester groups is 1. The quantitative estimate of drug-likeness (QED) is 0.334. The van der Waals surface area contributed by atoms with E-state index in [2.05, 4.69) is 4.98 Å². The van der Waals surface area contributed by atoms with Crippen LogP contribution in [0.4, 0.5) is 0 Å². The van der Waals surface area contributed by atoms with Gasteiger partial charge in [-0.2, -0.15) is 0 Å². The van der Waals surface area contributed by atoms with Crippen LogP contribution in [0.2, 0.25) is 0 Å². The van der Waals surface area contributed by atoms with Crippen molar-refractivity contribution in [2.24, 2.45) is 5.41 Å². The summed E-state index contributed by atoms with van der Waals surface area (Å²) in [5.41, 5.74) is -1.88. The molecule has 0 unspecified atom stereocenters. The Morgan fingerprint density at radius 2 is 2.03 bits per heavy atom. The number of aromatic amines is 1. The van der Waals surface area contributed by atoms with Crippen LogP contribution in [0.5, 0.6) is 0 Å². The third-order valence-electron chi connectivity index (χ3n) is 6.38. The predicted molar refractivity (Wildman–Crippen MR) is 116 cm³/mol. The van der Waals surface area contributed by atoms with Gasteiger partial charge >= 0.3 is 19.5 Å². The molecule has 0 amide bonds.